The number of amides is 1. The number of hydrogen-bond acceptors (Lipinski definition) is 4. The molecule has 0 bridgehead atoms. The average molecular weight is 346 g/mol. The number of aromatic nitrogens is 1. The Hall–Kier alpha value is -3.47. The smallest absolute Gasteiger partial charge is 0.255 e. The van der Waals surface area contributed by atoms with Crippen LogP contribution < -0.4 is 10.1 Å². The van der Waals surface area contributed by atoms with Gasteiger partial charge >= 0.3 is 0 Å². The van der Waals surface area contributed by atoms with E-state index in [2.05, 4.69) is 10.3 Å². The van der Waals surface area contributed by atoms with Gasteiger partial charge < -0.3 is 10.1 Å². The number of benzene rings is 2. The second kappa shape index (κ2) is 8.07. The topological polar surface area (TPSA) is 68.3 Å². The van der Waals surface area contributed by atoms with Crippen molar-refractivity contribution in [2.75, 3.05) is 5.32 Å². The molecule has 0 fully saturated rings. The minimum absolute atomic E-state index is 0.00798. The van der Waals surface area contributed by atoms with Crippen LogP contribution in [0.25, 0.3) is 0 Å². The summed E-state index contributed by atoms with van der Waals surface area (Å²) < 4.78 is 5.58. The average Bonchev–Trinajstić information content (AvgIpc) is 2.68. The molecule has 0 atom stereocenters. The Kier molecular flexibility index (Phi) is 5.39. The van der Waals surface area contributed by atoms with Crippen molar-refractivity contribution in [3.8, 4) is 5.88 Å². The first-order valence-electron chi connectivity index (χ1n) is 8.17. The van der Waals surface area contributed by atoms with Crippen LogP contribution in [0.1, 0.15) is 33.2 Å². The van der Waals surface area contributed by atoms with E-state index in [4.69, 9.17) is 4.74 Å². The van der Waals surface area contributed by atoms with Crippen LogP contribution in [-0.4, -0.2) is 16.7 Å². The molecule has 5 heteroatoms. The molecule has 1 aromatic heterocycles. The van der Waals surface area contributed by atoms with Gasteiger partial charge in [0.05, 0.1) is 0 Å². The third-order valence-electron chi connectivity index (χ3n) is 3.79. The van der Waals surface area contributed by atoms with Crippen molar-refractivity contribution in [3.63, 3.8) is 0 Å². The standard InChI is InChI=1S/C21H18N2O3/c1-15(24)17-9-11-19(12-10-17)23-21(25)18-7-5-16(6-8-18)14-26-20-4-2-3-13-22-20/h2-13H,14H2,1H3,(H,23,25). The second-order valence-electron chi connectivity index (χ2n) is 5.74. The van der Waals surface area contributed by atoms with E-state index in [-0.39, 0.29) is 11.7 Å². The first-order chi connectivity index (χ1) is 12.6. The second-order valence-corrected chi connectivity index (χ2v) is 5.74. The van der Waals surface area contributed by atoms with Crippen LogP contribution in [0, 0.1) is 0 Å². The predicted octanol–water partition coefficient (Wildman–Crippen LogP) is 4.12. The molecule has 130 valence electrons. The summed E-state index contributed by atoms with van der Waals surface area (Å²) in [6.45, 7) is 1.89. The molecule has 1 N–H and O–H groups in total. The number of carbonyl (C=O) groups is 2. The molecule has 0 saturated heterocycles. The zero-order valence-corrected chi connectivity index (χ0v) is 14.3. The lowest BCUT2D eigenvalue weighted by Crippen LogP contribution is -2.12. The van der Waals surface area contributed by atoms with Gasteiger partial charge in [-0.05, 0) is 55.0 Å². The Morgan fingerprint density at radius 2 is 1.62 bits per heavy atom. The molecule has 1 amide bonds. The number of pyridine rings is 1. The van der Waals surface area contributed by atoms with Crippen LogP contribution in [0.15, 0.2) is 72.9 Å². The van der Waals surface area contributed by atoms with Crippen molar-refractivity contribution in [3.05, 3.63) is 89.6 Å². The number of nitrogens with one attached hydrogen (secondary N) is 1. The van der Waals surface area contributed by atoms with E-state index in [1.807, 2.05) is 24.3 Å². The minimum atomic E-state index is -0.210. The van der Waals surface area contributed by atoms with Crippen LogP contribution in [0.2, 0.25) is 0 Å². The van der Waals surface area contributed by atoms with E-state index in [1.165, 1.54) is 6.92 Å². The van der Waals surface area contributed by atoms with E-state index in [1.54, 1.807) is 48.7 Å². The Bertz CT molecular complexity index is 889. The van der Waals surface area contributed by atoms with Gasteiger partial charge in [-0.15, -0.1) is 0 Å². The number of rotatable bonds is 6. The number of ketones is 1. The zero-order valence-electron chi connectivity index (χ0n) is 14.3. The number of anilines is 1. The summed E-state index contributed by atoms with van der Waals surface area (Å²) in [5.74, 6) is 0.340. The van der Waals surface area contributed by atoms with Crippen LogP contribution in [0.3, 0.4) is 0 Å². The Labute approximate surface area is 151 Å². The third kappa shape index (κ3) is 4.54. The molecule has 0 aliphatic rings. The molecule has 0 aliphatic carbocycles. The maximum atomic E-state index is 12.3. The van der Waals surface area contributed by atoms with Crippen molar-refractivity contribution in [2.24, 2.45) is 0 Å². The lowest BCUT2D eigenvalue weighted by atomic mass is 10.1. The predicted molar refractivity (Wildman–Crippen MR) is 99.4 cm³/mol. The summed E-state index contributed by atoms with van der Waals surface area (Å²) in [6, 6.07) is 19.5. The van der Waals surface area contributed by atoms with Crippen LogP contribution in [0.4, 0.5) is 5.69 Å². The monoisotopic (exact) mass is 346 g/mol. The quantitative estimate of drug-likeness (QED) is 0.682. The summed E-state index contributed by atoms with van der Waals surface area (Å²) >= 11 is 0. The van der Waals surface area contributed by atoms with Crippen LogP contribution in [-0.2, 0) is 6.61 Å². The summed E-state index contributed by atoms with van der Waals surface area (Å²) in [6.07, 6.45) is 1.67. The van der Waals surface area contributed by atoms with Gasteiger partial charge in [-0.2, -0.15) is 0 Å². The van der Waals surface area contributed by atoms with Crippen LogP contribution >= 0.6 is 0 Å². The van der Waals surface area contributed by atoms with Crippen molar-refractivity contribution < 1.29 is 14.3 Å². The highest BCUT2D eigenvalue weighted by molar-refractivity contribution is 6.04. The van der Waals surface area contributed by atoms with E-state index in [0.717, 1.165) is 5.56 Å². The van der Waals surface area contributed by atoms with E-state index < -0.39 is 0 Å². The molecule has 0 spiro atoms. The zero-order chi connectivity index (χ0) is 18.4. The Balaban J connectivity index is 1.58. The van der Waals surface area contributed by atoms with Gasteiger partial charge in [-0.1, -0.05) is 18.2 Å². The van der Waals surface area contributed by atoms with Crippen molar-refractivity contribution in [1.29, 1.82) is 0 Å². The Morgan fingerprint density at radius 3 is 2.23 bits per heavy atom. The molecule has 26 heavy (non-hydrogen) atoms. The van der Waals surface area contributed by atoms with E-state index in [9.17, 15) is 9.59 Å². The largest absolute Gasteiger partial charge is 0.473 e. The maximum absolute atomic E-state index is 12.3. The third-order valence-corrected chi connectivity index (χ3v) is 3.79. The summed E-state index contributed by atoms with van der Waals surface area (Å²) in [7, 11) is 0. The molecule has 3 rings (SSSR count). The summed E-state index contributed by atoms with van der Waals surface area (Å²) in [5, 5.41) is 2.81. The normalized spacial score (nSPS) is 10.2. The highest BCUT2D eigenvalue weighted by Crippen LogP contribution is 2.13. The number of Topliss-reactive ketones (excluding diaryl/α,β-unsaturated/α-hetero) is 1. The molecule has 0 aliphatic heterocycles. The minimum Gasteiger partial charge on any atom is -0.473 e. The van der Waals surface area contributed by atoms with Gasteiger partial charge in [0.2, 0.25) is 5.88 Å². The molecule has 3 aromatic rings. The number of ether oxygens (including phenoxy) is 1. The van der Waals surface area contributed by atoms with Gasteiger partial charge in [-0.25, -0.2) is 4.98 Å². The summed E-state index contributed by atoms with van der Waals surface area (Å²) in [5.41, 5.74) is 2.74. The maximum Gasteiger partial charge on any atom is 0.255 e. The Morgan fingerprint density at radius 1 is 0.923 bits per heavy atom. The fraction of sp³-hybridized carbons (Fsp3) is 0.0952. The van der Waals surface area contributed by atoms with Gasteiger partial charge in [0.1, 0.15) is 6.61 Å². The molecule has 2 aromatic carbocycles. The number of carbonyl (C=O) groups excluding carboxylic acids is 2. The lowest BCUT2D eigenvalue weighted by Gasteiger charge is -2.08. The highest BCUT2D eigenvalue weighted by Gasteiger charge is 2.07. The van der Waals surface area contributed by atoms with Crippen molar-refractivity contribution in [2.45, 2.75) is 13.5 Å². The number of hydrogen-bond donors (Lipinski definition) is 1. The fourth-order valence-electron chi connectivity index (χ4n) is 2.33. The SMILES string of the molecule is CC(=O)c1ccc(NC(=O)c2ccc(COc3ccccn3)cc2)cc1. The highest BCUT2D eigenvalue weighted by atomic mass is 16.5. The fourth-order valence-corrected chi connectivity index (χ4v) is 2.33. The summed E-state index contributed by atoms with van der Waals surface area (Å²) in [4.78, 5) is 27.7. The molecule has 0 saturated carbocycles. The first-order valence-corrected chi connectivity index (χ1v) is 8.17. The van der Waals surface area contributed by atoms with Crippen molar-refractivity contribution in [1.82, 2.24) is 4.98 Å². The van der Waals surface area contributed by atoms with Crippen LogP contribution in [0.5, 0.6) is 5.88 Å². The molecule has 0 radical (unpaired) electrons. The molecule has 5 nitrogen and oxygen atoms in total. The van der Waals surface area contributed by atoms with E-state index in [0.29, 0.717) is 29.3 Å². The molecule has 1 heterocycles. The van der Waals surface area contributed by atoms with Gasteiger partial charge in [0, 0.05) is 29.1 Å². The van der Waals surface area contributed by atoms with Gasteiger partial charge in [0.25, 0.3) is 5.91 Å². The molecule has 0 unspecified atom stereocenters. The molecular weight excluding hydrogens is 328 g/mol. The number of nitrogens with zero attached hydrogens (tertiary/aromatic N) is 1. The van der Waals surface area contributed by atoms with Gasteiger partial charge in [-0.3, -0.25) is 9.59 Å². The molecular formula is C21H18N2O3. The lowest BCUT2D eigenvalue weighted by molar-refractivity contribution is 0.101. The first kappa shape index (κ1) is 17.4. The van der Waals surface area contributed by atoms with Gasteiger partial charge in [0.15, 0.2) is 5.78 Å². The van der Waals surface area contributed by atoms with E-state index >= 15 is 0 Å². The van der Waals surface area contributed by atoms with Crippen molar-refractivity contribution >= 4 is 17.4 Å².